The largest absolute Gasteiger partial charge is 0.319 e. The molecular formula is C21H17FN4OS. The first kappa shape index (κ1) is 18.1. The predicted octanol–water partition coefficient (Wildman–Crippen LogP) is 5.00. The van der Waals surface area contributed by atoms with Crippen LogP contribution in [0.3, 0.4) is 0 Å². The highest BCUT2D eigenvalue weighted by molar-refractivity contribution is 7.13. The summed E-state index contributed by atoms with van der Waals surface area (Å²) in [5.74, 6) is -0.284. The molecule has 0 saturated heterocycles. The van der Waals surface area contributed by atoms with Gasteiger partial charge in [0.2, 0.25) is 5.82 Å². The summed E-state index contributed by atoms with van der Waals surface area (Å²) in [4.78, 5) is 18.1. The van der Waals surface area contributed by atoms with E-state index in [0.717, 1.165) is 16.0 Å². The highest BCUT2D eigenvalue weighted by atomic mass is 32.1. The molecule has 2 aromatic carbocycles. The van der Waals surface area contributed by atoms with Gasteiger partial charge >= 0.3 is 0 Å². The van der Waals surface area contributed by atoms with Crippen LogP contribution in [0.25, 0.3) is 16.4 Å². The smallest absolute Gasteiger partial charge is 0.295 e. The minimum absolute atomic E-state index is 0.0218. The van der Waals surface area contributed by atoms with Crippen LogP contribution in [-0.2, 0) is 0 Å². The lowest BCUT2D eigenvalue weighted by Gasteiger charge is -2.08. The van der Waals surface area contributed by atoms with E-state index in [9.17, 15) is 9.18 Å². The monoisotopic (exact) mass is 392 g/mol. The third-order valence-electron chi connectivity index (χ3n) is 4.46. The van der Waals surface area contributed by atoms with Crippen LogP contribution in [0.1, 0.15) is 21.7 Å². The number of amides is 1. The molecular weight excluding hydrogens is 375 g/mol. The second-order valence-corrected chi connectivity index (χ2v) is 7.28. The Morgan fingerprint density at radius 2 is 1.93 bits per heavy atom. The minimum atomic E-state index is -0.415. The van der Waals surface area contributed by atoms with E-state index < -0.39 is 5.91 Å². The van der Waals surface area contributed by atoms with Crippen molar-refractivity contribution in [3.05, 3.63) is 82.7 Å². The van der Waals surface area contributed by atoms with Crippen molar-refractivity contribution in [2.24, 2.45) is 0 Å². The molecule has 0 spiro atoms. The van der Waals surface area contributed by atoms with Crippen molar-refractivity contribution in [3.63, 3.8) is 0 Å². The number of hydrogen-bond donors (Lipinski definition) is 1. The molecule has 0 bridgehead atoms. The fourth-order valence-corrected chi connectivity index (χ4v) is 3.52. The molecule has 1 N–H and O–H groups in total. The highest BCUT2D eigenvalue weighted by Crippen LogP contribution is 2.26. The Balaban J connectivity index is 1.75. The van der Waals surface area contributed by atoms with E-state index in [-0.39, 0.29) is 11.6 Å². The maximum atomic E-state index is 13.7. The average molecular weight is 392 g/mol. The summed E-state index contributed by atoms with van der Waals surface area (Å²) < 4.78 is 15.2. The topological polar surface area (TPSA) is 59.8 Å². The van der Waals surface area contributed by atoms with Crippen molar-refractivity contribution in [3.8, 4) is 16.4 Å². The molecule has 5 nitrogen and oxygen atoms in total. The van der Waals surface area contributed by atoms with Crippen molar-refractivity contribution in [1.82, 2.24) is 14.8 Å². The van der Waals surface area contributed by atoms with Gasteiger partial charge in [0.1, 0.15) is 5.82 Å². The van der Waals surface area contributed by atoms with Gasteiger partial charge in [0.05, 0.1) is 10.6 Å². The van der Waals surface area contributed by atoms with Crippen LogP contribution >= 0.6 is 11.3 Å². The number of aryl methyl sites for hydroxylation is 1. The molecule has 0 aliphatic carbocycles. The number of nitrogens with zero attached hydrogens (tertiary/aromatic N) is 3. The van der Waals surface area contributed by atoms with Gasteiger partial charge in [-0.2, -0.15) is 0 Å². The third kappa shape index (κ3) is 3.44. The molecule has 2 aromatic heterocycles. The van der Waals surface area contributed by atoms with Gasteiger partial charge < -0.3 is 5.32 Å². The first-order valence-electron chi connectivity index (χ1n) is 8.67. The van der Waals surface area contributed by atoms with Gasteiger partial charge in [-0.1, -0.05) is 24.3 Å². The first-order valence-corrected chi connectivity index (χ1v) is 9.55. The zero-order chi connectivity index (χ0) is 19.7. The van der Waals surface area contributed by atoms with E-state index in [1.807, 2.05) is 49.6 Å². The van der Waals surface area contributed by atoms with Gasteiger partial charge in [-0.05, 0) is 60.7 Å². The summed E-state index contributed by atoms with van der Waals surface area (Å²) in [6.07, 6.45) is 0. The number of nitrogens with one attached hydrogen (secondary N) is 1. The van der Waals surface area contributed by atoms with Gasteiger partial charge in [0, 0.05) is 5.69 Å². The van der Waals surface area contributed by atoms with Crippen molar-refractivity contribution >= 4 is 22.9 Å². The van der Waals surface area contributed by atoms with Gasteiger partial charge in [-0.25, -0.2) is 14.1 Å². The molecule has 0 fully saturated rings. The number of anilines is 1. The van der Waals surface area contributed by atoms with E-state index in [0.29, 0.717) is 17.2 Å². The van der Waals surface area contributed by atoms with Gasteiger partial charge in [0.15, 0.2) is 5.82 Å². The van der Waals surface area contributed by atoms with Crippen LogP contribution in [0.4, 0.5) is 10.1 Å². The minimum Gasteiger partial charge on any atom is -0.319 e. The summed E-state index contributed by atoms with van der Waals surface area (Å²) in [5.41, 5.74) is 3.28. The summed E-state index contributed by atoms with van der Waals surface area (Å²) in [7, 11) is 0. The van der Waals surface area contributed by atoms with Crippen LogP contribution in [-0.4, -0.2) is 20.7 Å². The van der Waals surface area contributed by atoms with Crippen molar-refractivity contribution in [2.45, 2.75) is 13.8 Å². The second-order valence-electron chi connectivity index (χ2n) is 6.33. The molecule has 0 saturated carbocycles. The summed E-state index contributed by atoms with van der Waals surface area (Å²) in [5, 5.41) is 9.14. The first-order chi connectivity index (χ1) is 13.5. The molecule has 0 atom stereocenters. The number of benzene rings is 2. The molecule has 28 heavy (non-hydrogen) atoms. The predicted molar refractivity (Wildman–Crippen MR) is 108 cm³/mol. The standard InChI is InChI=1S/C21H17FN4OS/c1-13-6-3-9-17(14(13)2)23-21(27)19-24-20(18-10-5-11-28-18)26(25-19)16-8-4-7-15(22)12-16/h3-12H,1-2H3,(H,23,27). The lowest BCUT2D eigenvalue weighted by Crippen LogP contribution is -2.15. The molecule has 0 unspecified atom stereocenters. The number of rotatable bonds is 4. The molecule has 7 heteroatoms. The van der Waals surface area contributed by atoms with Crippen LogP contribution in [0.15, 0.2) is 60.0 Å². The third-order valence-corrected chi connectivity index (χ3v) is 5.32. The molecule has 0 radical (unpaired) electrons. The molecule has 1 amide bonds. The Labute approximate surface area is 165 Å². The normalized spacial score (nSPS) is 10.8. The van der Waals surface area contributed by atoms with E-state index >= 15 is 0 Å². The SMILES string of the molecule is Cc1cccc(NC(=O)c2nc(-c3cccs3)n(-c3cccc(F)c3)n2)c1C. The zero-order valence-corrected chi connectivity index (χ0v) is 16.1. The Bertz CT molecular complexity index is 1150. The Morgan fingerprint density at radius 1 is 1.11 bits per heavy atom. The van der Waals surface area contributed by atoms with Crippen molar-refractivity contribution in [2.75, 3.05) is 5.32 Å². The Hall–Kier alpha value is -3.32. The molecule has 0 aliphatic heterocycles. The quantitative estimate of drug-likeness (QED) is 0.531. The van der Waals surface area contributed by atoms with E-state index in [1.54, 1.807) is 12.1 Å². The van der Waals surface area contributed by atoms with E-state index in [2.05, 4.69) is 15.4 Å². The maximum absolute atomic E-state index is 13.7. The maximum Gasteiger partial charge on any atom is 0.295 e. The van der Waals surface area contributed by atoms with Crippen molar-refractivity contribution in [1.29, 1.82) is 0 Å². The summed E-state index contributed by atoms with van der Waals surface area (Å²) in [6, 6.07) is 15.5. The number of hydrogen-bond acceptors (Lipinski definition) is 4. The van der Waals surface area contributed by atoms with Crippen LogP contribution < -0.4 is 5.32 Å². The Kier molecular flexibility index (Phi) is 4.75. The van der Waals surface area contributed by atoms with E-state index in [1.165, 1.54) is 28.2 Å². The number of aromatic nitrogens is 3. The Morgan fingerprint density at radius 3 is 2.68 bits per heavy atom. The van der Waals surface area contributed by atoms with Gasteiger partial charge in [0.25, 0.3) is 5.91 Å². The number of thiophene rings is 1. The highest BCUT2D eigenvalue weighted by Gasteiger charge is 2.20. The average Bonchev–Trinajstić information content (AvgIpc) is 3.35. The van der Waals surface area contributed by atoms with Crippen LogP contribution in [0, 0.1) is 19.7 Å². The van der Waals surface area contributed by atoms with Crippen molar-refractivity contribution < 1.29 is 9.18 Å². The molecule has 4 aromatic rings. The number of carbonyl (C=O) groups excluding carboxylic acids is 1. The van der Waals surface area contributed by atoms with E-state index in [4.69, 9.17) is 0 Å². The molecule has 0 aliphatic rings. The van der Waals surface area contributed by atoms with Gasteiger partial charge in [-0.3, -0.25) is 4.79 Å². The fraction of sp³-hybridized carbons (Fsp3) is 0.0952. The fourth-order valence-electron chi connectivity index (χ4n) is 2.83. The lowest BCUT2D eigenvalue weighted by atomic mass is 10.1. The number of carbonyl (C=O) groups is 1. The lowest BCUT2D eigenvalue weighted by molar-refractivity contribution is 0.101. The summed E-state index contributed by atoms with van der Waals surface area (Å²) >= 11 is 1.47. The van der Waals surface area contributed by atoms with Crippen LogP contribution in [0.5, 0.6) is 0 Å². The molecule has 2 heterocycles. The molecule has 4 rings (SSSR count). The molecule has 140 valence electrons. The summed E-state index contributed by atoms with van der Waals surface area (Å²) in [6.45, 7) is 3.93. The zero-order valence-electron chi connectivity index (χ0n) is 15.3. The van der Waals surface area contributed by atoms with Gasteiger partial charge in [-0.15, -0.1) is 16.4 Å². The number of halogens is 1. The van der Waals surface area contributed by atoms with Crippen LogP contribution in [0.2, 0.25) is 0 Å². The second kappa shape index (κ2) is 7.36.